The second kappa shape index (κ2) is 8.92. The first-order chi connectivity index (χ1) is 12.9. The molecule has 1 N–H and O–H groups in total. The van der Waals surface area contributed by atoms with E-state index in [1.54, 1.807) is 0 Å². The molecule has 1 amide bonds. The smallest absolute Gasteiger partial charge is 0.412 e. The third-order valence-corrected chi connectivity index (χ3v) is 5.76. The Hall–Kier alpha value is -2.12. The van der Waals surface area contributed by atoms with Crippen molar-refractivity contribution >= 4 is 19.9 Å². The molecular formula is C21H33N3O3Si. The average Bonchev–Trinajstić information content (AvgIpc) is 2.90. The van der Waals surface area contributed by atoms with E-state index in [0.29, 0.717) is 12.4 Å². The fourth-order valence-corrected chi connectivity index (χ4v) is 3.39. The molecule has 0 atom stereocenters. The van der Waals surface area contributed by atoms with E-state index in [4.69, 9.17) is 9.47 Å². The summed E-state index contributed by atoms with van der Waals surface area (Å²) in [6.45, 7) is 15.8. The van der Waals surface area contributed by atoms with Crippen LogP contribution in [0.15, 0.2) is 30.6 Å². The highest BCUT2D eigenvalue weighted by molar-refractivity contribution is 6.76. The second-order valence-corrected chi connectivity index (χ2v) is 14.8. The number of rotatable bonds is 7. The molecule has 0 bridgehead atoms. The minimum atomic E-state index is -1.10. The lowest BCUT2D eigenvalue weighted by molar-refractivity contribution is 0.0636. The van der Waals surface area contributed by atoms with Gasteiger partial charge >= 0.3 is 6.09 Å². The van der Waals surface area contributed by atoms with E-state index in [0.717, 1.165) is 29.6 Å². The summed E-state index contributed by atoms with van der Waals surface area (Å²) in [4.78, 5) is 16.3. The van der Waals surface area contributed by atoms with Crippen LogP contribution in [-0.2, 0) is 16.2 Å². The zero-order chi connectivity index (χ0) is 20.9. The fourth-order valence-electron chi connectivity index (χ4n) is 2.63. The molecule has 7 heteroatoms. The van der Waals surface area contributed by atoms with Crippen molar-refractivity contribution in [1.29, 1.82) is 0 Å². The van der Waals surface area contributed by atoms with Crippen LogP contribution in [0, 0.1) is 6.92 Å². The van der Waals surface area contributed by atoms with Crippen molar-refractivity contribution in [2.24, 2.45) is 0 Å². The standard InChI is InChI=1S/C21H33N3O3Si/c1-16-19(24(14-22-16)15-26-12-13-28(5,6)7)17-8-10-18(11-9-17)23-20(25)27-21(2,3)4/h8-11,14H,12-13,15H2,1-7H3,(H,23,25). The molecule has 1 heterocycles. The normalized spacial score (nSPS) is 12.1. The number of ether oxygens (including phenoxy) is 2. The first-order valence-electron chi connectivity index (χ1n) is 9.64. The molecule has 0 aliphatic rings. The maximum atomic E-state index is 11.9. The topological polar surface area (TPSA) is 65.4 Å². The summed E-state index contributed by atoms with van der Waals surface area (Å²) in [5, 5.41) is 2.75. The number of carbonyl (C=O) groups is 1. The number of hydrogen-bond donors (Lipinski definition) is 1. The van der Waals surface area contributed by atoms with Gasteiger partial charge in [-0.2, -0.15) is 0 Å². The average molecular weight is 404 g/mol. The largest absolute Gasteiger partial charge is 0.444 e. The maximum Gasteiger partial charge on any atom is 0.412 e. The highest BCUT2D eigenvalue weighted by Gasteiger charge is 2.17. The molecule has 1 aromatic heterocycles. The Balaban J connectivity index is 2.03. The molecule has 0 saturated carbocycles. The predicted molar refractivity (Wildman–Crippen MR) is 116 cm³/mol. The van der Waals surface area contributed by atoms with Crippen molar-refractivity contribution in [2.75, 3.05) is 11.9 Å². The molecule has 0 spiro atoms. The van der Waals surface area contributed by atoms with Gasteiger partial charge in [0.05, 0.1) is 17.7 Å². The molecular weight excluding hydrogens is 370 g/mol. The molecule has 6 nitrogen and oxygen atoms in total. The van der Waals surface area contributed by atoms with Crippen LogP contribution < -0.4 is 5.32 Å². The molecule has 28 heavy (non-hydrogen) atoms. The Morgan fingerprint density at radius 2 is 1.82 bits per heavy atom. The van der Waals surface area contributed by atoms with Crippen LogP contribution in [0.25, 0.3) is 11.3 Å². The molecule has 0 unspecified atom stereocenters. The molecule has 0 radical (unpaired) electrons. The third-order valence-electron chi connectivity index (χ3n) is 4.05. The molecule has 0 saturated heterocycles. The summed E-state index contributed by atoms with van der Waals surface area (Å²) in [5.74, 6) is 0. The van der Waals surface area contributed by atoms with E-state index < -0.39 is 19.8 Å². The number of aromatic nitrogens is 2. The van der Waals surface area contributed by atoms with E-state index in [1.807, 2.05) is 62.9 Å². The van der Waals surface area contributed by atoms with Crippen LogP contribution in [0.3, 0.4) is 0 Å². The van der Waals surface area contributed by atoms with Gasteiger partial charge in [0.2, 0.25) is 0 Å². The predicted octanol–water partition coefficient (Wildman–Crippen LogP) is 5.52. The first kappa shape index (κ1) is 22.2. The second-order valence-electron chi connectivity index (χ2n) is 9.20. The molecule has 2 rings (SSSR count). The number of aryl methyl sites for hydroxylation is 1. The van der Waals surface area contributed by atoms with Crippen LogP contribution in [0.2, 0.25) is 25.7 Å². The van der Waals surface area contributed by atoms with Gasteiger partial charge in [0.1, 0.15) is 12.3 Å². The van der Waals surface area contributed by atoms with Crippen LogP contribution >= 0.6 is 0 Å². The lowest BCUT2D eigenvalue weighted by Gasteiger charge is -2.19. The number of hydrogen-bond acceptors (Lipinski definition) is 4. The van der Waals surface area contributed by atoms with E-state index in [-0.39, 0.29) is 0 Å². The van der Waals surface area contributed by atoms with Gasteiger partial charge in [-0.15, -0.1) is 0 Å². The number of nitrogens with zero attached hydrogens (tertiary/aromatic N) is 2. The number of anilines is 1. The Morgan fingerprint density at radius 3 is 2.39 bits per heavy atom. The molecule has 0 fully saturated rings. The summed E-state index contributed by atoms with van der Waals surface area (Å²) < 4.78 is 13.2. The van der Waals surface area contributed by atoms with E-state index in [1.165, 1.54) is 0 Å². The summed E-state index contributed by atoms with van der Waals surface area (Å²) in [6.07, 6.45) is 1.35. The summed E-state index contributed by atoms with van der Waals surface area (Å²) in [5.41, 5.74) is 3.16. The van der Waals surface area contributed by atoms with Gasteiger partial charge < -0.3 is 14.0 Å². The highest BCUT2D eigenvalue weighted by atomic mass is 28.3. The van der Waals surface area contributed by atoms with Crippen molar-refractivity contribution in [2.45, 2.75) is 65.7 Å². The third kappa shape index (κ3) is 7.13. The first-order valence-corrected chi connectivity index (χ1v) is 13.4. The van der Waals surface area contributed by atoms with Crippen molar-refractivity contribution in [3.8, 4) is 11.3 Å². The Kier molecular flexibility index (Phi) is 7.06. The highest BCUT2D eigenvalue weighted by Crippen LogP contribution is 2.25. The Bertz CT molecular complexity index is 787. The van der Waals surface area contributed by atoms with Crippen LogP contribution in [0.1, 0.15) is 26.5 Å². The molecule has 0 aliphatic heterocycles. The van der Waals surface area contributed by atoms with Gasteiger partial charge in [0, 0.05) is 25.9 Å². The van der Waals surface area contributed by atoms with Crippen LogP contribution in [0.4, 0.5) is 10.5 Å². The van der Waals surface area contributed by atoms with Crippen molar-refractivity contribution in [3.63, 3.8) is 0 Å². The fraction of sp³-hybridized carbons (Fsp3) is 0.524. The van der Waals surface area contributed by atoms with Crippen LogP contribution in [0.5, 0.6) is 0 Å². The lowest BCUT2D eigenvalue weighted by atomic mass is 10.1. The minimum absolute atomic E-state index is 0.461. The molecule has 1 aromatic carbocycles. The summed E-state index contributed by atoms with van der Waals surface area (Å²) in [7, 11) is -1.10. The van der Waals surface area contributed by atoms with E-state index in [2.05, 4.69) is 29.9 Å². The van der Waals surface area contributed by atoms with Gasteiger partial charge in [-0.3, -0.25) is 5.32 Å². The summed E-state index contributed by atoms with van der Waals surface area (Å²) >= 11 is 0. The zero-order valence-corrected chi connectivity index (χ0v) is 19.1. The Morgan fingerprint density at radius 1 is 1.18 bits per heavy atom. The van der Waals surface area contributed by atoms with Gasteiger partial charge in [-0.25, -0.2) is 9.78 Å². The number of amides is 1. The van der Waals surface area contributed by atoms with Crippen molar-refractivity contribution in [1.82, 2.24) is 9.55 Å². The SMILES string of the molecule is Cc1ncn(COCC[Si](C)(C)C)c1-c1ccc(NC(=O)OC(C)(C)C)cc1. The number of carbonyl (C=O) groups excluding carboxylic acids is 1. The van der Waals surface area contributed by atoms with E-state index in [9.17, 15) is 4.79 Å². The van der Waals surface area contributed by atoms with Crippen molar-refractivity contribution < 1.29 is 14.3 Å². The molecule has 0 aliphatic carbocycles. The summed E-state index contributed by atoms with van der Waals surface area (Å²) in [6, 6.07) is 8.80. The molecule has 2 aromatic rings. The maximum absolute atomic E-state index is 11.9. The number of imidazole rings is 1. The Labute approximate surface area is 169 Å². The van der Waals surface area contributed by atoms with Gasteiger partial charge in [-0.1, -0.05) is 31.8 Å². The quantitative estimate of drug-likeness (QED) is 0.488. The minimum Gasteiger partial charge on any atom is -0.444 e. The number of nitrogens with one attached hydrogen (secondary N) is 1. The number of benzene rings is 1. The lowest BCUT2D eigenvalue weighted by Crippen LogP contribution is -2.27. The van der Waals surface area contributed by atoms with Gasteiger partial charge in [0.15, 0.2) is 0 Å². The van der Waals surface area contributed by atoms with Crippen molar-refractivity contribution in [3.05, 3.63) is 36.3 Å². The zero-order valence-electron chi connectivity index (χ0n) is 18.1. The van der Waals surface area contributed by atoms with Gasteiger partial charge in [-0.05, 0) is 45.9 Å². The van der Waals surface area contributed by atoms with E-state index >= 15 is 0 Å². The molecule has 154 valence electrons. The van der Waals surface area contributed by atoms with Gasteiger partial charge in [0.25, 0.3) is 0 Å². The monoisotopic (exact) mass is 403 g/mol. The van der Waals surface area contributed by atoms with Crippen LogP contribution in [-0.4, -0.2) is 35.9 Å².